The Morgan fingerprint density at radius 1 is 1.43 bits per heavy atom. The van der Waals surface area contributed by atoms with E-state index < -0.39 is 0 Å². The Balaban J connectivity index is 2.76. The number of hydrogen-bond acceptors (Lipinski definition) is 3. The first-order valence-electron chi connectivity index (χ1n) is 7.19. The van der Waals surface area contributed by atoms with Crippen molar-refractivity contribution in [2.24, 2.45) is 5.73 Å². The average Bonchev–Trinajstić information content (AvgIpc) is 2.35. The molecule has 0 aliphatic carbocycles. The van der Waals surface area contributed by atoms with Crippen molar-refractivity contribution in [3.05, 3.63) is 28.8 Å². The minimum absolute atomic E-state index is 0.0502. The third-order valence-electron chi connectivity index (χ3n) is 2.92. The van der Waals surface area contributed by atoms with E-state index >= 15 is 0 Å². The molecule has 1 unspecified atom stereocenters. The van der Waals surface area contributed by atoms with Crippen LogP contribution in [0.25, 0.3) is 0 Å². The summed E-state index contributed by atoms with van der Waals surface area (Å²) in [6.45, 7) is 7.74. The van der Waals surface area contributed by atoms with Gasteiger partial charge in [0.15, 0.2) is 6.61 Å². The number of halogens is 1. The van der Waals surface area contributed by atoms with Crippen LogP contribution in [0.15, 0.2) is 18.2 Å². The minimum atomic E-state index is -0.283. The predicted molar refractivity (Wildman–Crippen MR) is 86.8 cm³/mol. The molecular weight excluding hydrogens is 288 g/mol. The third-order valence-corrected chi connectivity index (χ3v) is 3.21. The van der Waals surface area contributed by atoms with Gasteiger partial charge in [0.25, 0.3) is 5.91 Å². The van der Waals surface area contributed by atoms with Crippen molar-refractivity contribution in [1.82, 2.24) is 5.32 Å². The summed E-state index contributed by atoms with van der Waals surface area (Å²) in [4.78, 5) is 11.8. The van der Waals surface area contributed by atoms with Crippen molar-refractivity contribution < 1.29 is 9.53 Å². The fourth-order valence-electron chi connectivity index (χ4n) is 1.89. The molecule has 0 aliphatic heterocycles. The first-order chi connectivity index (χ1) is 9.73. The van der Waals surface area contributed by atoms with Gasteiger partial charge < -0.3 is 15.8 Å². The zero-order chi connectivity index (χ0) is 16.0. The Morgan fingerprint density at radius 3 is 2.67 bits per heavy atom. The summed E-state index contributed by atoms with van der Waals surface area (Å²) >= 11 is 6.18. The molecule has 0 saturated carbocycles. The molecule has 118 valence electrons. The van der Waals surface area contributed by atoms with Crippen LogP contribution in [0.2, 0.25) is 5.02 Å². The average molecular weight is 313 g/mol. The van der Waals surface area contributed by atoms with Crippen LogP contribution in [0, 0.1) is 0 Å². The zero-order valence-corrected chi connectivity index (χ0v) is 14.0. The van der Waals surface area contributed by atoms with E-state index in [2.05, 4.69) is 5.32 Å². The molecule has 3 N–H and O–H groups in total. The van der Waals surface area contributed by atoms with Gasteiger partial charge in [-0.25, -0.2) is 0 Å². The van der Waals surface area contributed by atoms with Crippen molar-refractivity contribution in [1.29, 1.82) is 0 Å². The molecule has 4 nitrogen and oxygen atoms in total. The number of hydrogen-bond donors (Lipinski definition) is 2. The summed E-state index contributed by atoms with van der Waals surface area (Å²) in [6.07, 6.45) is 1.55. The number of rotatable bonds is 6. The molecule has 0 heterocycles. The first kappa shape index (κ1) is 17.8. The molecule has 1 aromatic rings. The van der Waals surface area contributed by atoms with Crippen LogP contribution in [0.1, 0.15) is 39.7 Å². The van der Waals surface area contributed by atoms with Crippen LogP contribution in [0.5, 0.6) is 5.75 Å². The summed E-state index contributed by atoms with van der Waals surface area (Å²) in [5, 5.41) is 3.35. The molecule has 0 bridgehead atoms. The van der Waals surface area contributed by atoms with Gasteiger partial charge in [-0.15, -0.1) is 0 Å². The van der Waals surface area contributed by atoms with Crippen LogP contribution >= 0.6 is 11.6 Å². The summed E-state index contributed by atoms with van der Waals surface area (Å²) in [5.74, 6) is 0.375. The minimum Gasteiger partial charge on any atom is -0.482 e. The predicted octanol–water partition coefficient (Wildman–Crippen LogP) is 2.91. The molecule has 1 amide bonds. The highest BCUT2D eigenvalue weighted by atomic mass is 35.5. The summed E-state index contributed by atoms with van der Waals surface area (Å²) in [5.41, 5.74) is 6.63. The molecule has 0 spiro atoms. The van der Waals surface area contributed by atoms with Gasteiger partial charge in [-0.1, -0.05) is 30.7 Å². The normalized spacial score (nSPS) is 12.9. The Morgan fingerprint density at radius 2 is 2.10 bits per heavy atom. The second-order valence-electron chi connectivity index (χ2n) is 6.19. The second kappa shape index (κ2) is 7.66. The van der Waals surface area contributed by atoms with Gasteiger partial charge >= 0.3 is 0 Å². The van der Waals surface area contributed by atoms with E-state index in [1.165, 1.54) is 0 Å². The van der Waals surface area contributed by atoms with Crippen molar-refractivity contribution in [3.63, 3.8) is 0 Å². The summed E-state index contributed by atoms with van der Waals surface area (Å²) in [7, 11) is 0. The second-order valence-corrected chi connectivity index (χ2v) is 6.59. The lowest BCUT2D eigenvalue weighted by atomic mass is 10.0. The molecule has 0 fully saturated rings. The third kappa shape index (κ3) is 6.36. The molecule has 5 heteroatoms. The van der Waals surface area contributed by atoms with Gasteiger partial charge in [0, 0.05) is 11.6 Å². The summed E-state index contributed by atoms with van der Waals surface area (Å²) in [6, 6.07) is 5.59. The highest BCUT2D eigenvalue weighted by Crippen LogP contribution is 2.29. The van der Waals surface area contributed by atoms with Crippen LogP contribution in [-0.4, -0.2) is 24.1 Å². The number of carbonyl (C=O) groups is 1. The summed E-state index contributed by atoms with van der Waals surface area (Å²) < 4.78 is 5.62. The van der Waals surface area contributed by atoms with E-state index in [4.69, 9.17) is 22.1 Å². The zero-order valence-electron chi connectivity index (χ0n) is 13.2. The van der Waals surface area contributed by atoms with Crippen molar-refractivity contribution in [2.75, 3.05) is 6.61 Å². The molecule has 0 radical (unpaired) electrons. The SMILES string of the molecule is CCC(N)Cc1cccc(Cl)c1OCC(=O)NC(C)(C)C. The van der Waals surface area contributed by atoms with E-state index in [1.54, 1.807) is 6.07 Å². The maximum atomic E-state index is 11.8. The van der Waals surface area contributed by atoms with Gasteiger partial charge in [-0.05, 0) is 45.2 Å². The number of carbonyl (C=O) groups excluding carboxylic acids is 1. The first-order valence-corrected chi connectivity index (χ1v) is 7.57. The topological polar surface area (TPSA) is 64.3 Å². The molecule has 0 saturated heterocycles. The van der Waals surface area contributed by atoms with Crippen LogP contribution in [0.4, 0.5) is 0 Å². The lowest BCUT2D eigenvalue weighted by Crippen LogP contribution is -2.43. The number of para-hydroxylation sites is 1. The molecule has 1 atom stereocenters. The van der Waals surface area contributed by atoms with Crippen molar-refractivity contribution in [3.8, 4) is 5.75 Å². The fraction of sp³-hybridized carbons (Fsp3) is 0.562. The van der Waals surface area contributed by atoms with E-state index in [9.17, 15) is 4.79 Å². The standard InChI is InChI=1S/C16H25ClN2O2/c1-5-12(18)9-11-7-6-8-13(17)15(11)21-10-14(20)19-16(2,3)4/h6-8,12H,5,9-10,18H2,1-4H3,(H,19,20). The van der Waals surface area contributed by atoms with E-state index in [0.717, 1.165) is 12.0 Å². The number of nitrogens with two attached hydrogens (primary N) is 1. The van der Waals surface area contributed by atoms with Gasteiger partial charge in [0.05, 0.1) is 5.02 Å². The van der Waals surface area contributed by atoms with Crippen LogP contribution < -0.4 is 15.8 Å². The monoisotopic (exact) mass is 312 g/mol. The Bertz CT molecular complexity index is 484. The van der Waals surface area contributed by atoms with Crippen LogP contribution in [-0.2, 0) is 11.2 Å². The highest BCUT2D eigenvalue weighted by molar-refractivity contribution is 6.32. The number of nitrogens with one attached hydrogen (secondary N) is 1. The molecule has 0 aromatic heterocycles. The van der Waals surface area contributed by atoms with Crippen LogP contribution in [0.3, 0.4) is 0 Å². The van der Waals surface area contributed by atoms with Gasteiger partial charge in [0.2, 0.25) is 0 Å². The molecule has 1 aromatic carbocycles. The molecule has 21 heavy (non-hydrogen) atoms. The Hall–Kier alpha value is -1.26. The van der Waals surface area contributed by atoms with E-state index in [-0.39, 0.29) is 24.1 Å². The van der Waals surface area contributed by atoms with Gasteiger partial charge in [-0.3, -0.25) is 4.79 Å². The van der Waals surface area contributed by atoms with Crippen molar-refractivity contribution in [2.45, 2.75) is 52.1 Å². The number of amides is 1. The maximum Gasteiger partial charge on any atom is 0.258 e. The largest absolute Gasteiger partial charge is 0.482 e. The number of ether oxygens (including phenoxy) is 1. The molecular formula is C16H25ClN2O2. The molecule has 0 aliphatic rings. The Kier molecular flexibility index (Phi) is 6.49. The quantitative estimate of drug-likeness (QED) is 0.849. The number of benzene rings is 1. The fourth-order valence-corrected chi connectivity index (χ4v) is 2.14. The smallest absolute Gasteiger partial charge is 0.258 e. The Labute approximate surface area is 132 Å². The highest BCUT2D eigenvalue weighted by Gasteiger charge is 2.16. The van der Waals surface area contributed by atoms with E-state index in [0.29, 0.717) is 17.2 Å². The van der Waals surface area contributed by atoms with Gasteiger partial charge in [0.1, 0.15) is 5.75 Å². The van der Waals surface area contributed by atoms with Crippen molar-refractivity contribution >= 4 is 17.5 Å². The lowest BCUT2D eigenvalue weighted by Gasteiger charge is -2.21. The van der Waals surface area contributed by atoms with E-state index in [1.807, 2.05) is 39.8 Å². The molecule has 1 rings (SSSR count). The lowest BCUT2D eigenvalue weighted by molar-refractivity contribution is -0.124. The van der Waals surface area contributed by atoms with Gasteiger partial charge in [-0.2, -0.15) is 0 Å². The maximum absolute atomic E-state index is 11.8.